The van der Waals surface area contributed by atoms with Gasteiger partial charge in [-0.15, -0.1) is 0 Å². The van der Waals surface area contributed by atoms with E-state index in [1.807, 2.05) is 73.7 Å². The van der Waals surface area contributed by atoms with Crippen LogP contribution in [0.5, 0.6) is 23.0 Å². The maximum absolute atomic E-state index is 5.86. The van der Waals surface area contributed by atoms with Crippen molar-refractivity contribution in [2.45, 2.75) is 13.5 Å². The van der Waals surface area contributed by atoms with Crippen molar-refractivity contribution in [1.29, 1.82) is 0 Å². The lowest BCUT2D eigenvalue weighted by atomic mass is 10.2. The average Bonchev–Trinajstić information content (AvgIpc) is 3.16. The first-order chi connectivity index (χ1) is 13.7. The molecular weight excluding hydrogens is 372 g/mol. The van der Waals surface area contributed by atoms with Crippen LogP contribution in [0.25, 0.3) is 0 Å². The molecule has 5 nitrogen and oxygen atoms in total. The summed E-state index contributed by atoms with van der Waals surface area (Å²) in [5.74, 6) is 3.14. The van der Waals surface area contributed by atoms with E-state index >= 15 is 0 Å². The fourth-order valence-electron chi connectivity index (χ4n) is 2.83. The summed E-state index contributed by atoms with van der Waals surface area (Å²) in [6.07, 6.45) is 0. The molecule has 4 rings (SSSR count). The van der Waals surface area contributed by atoms with Gasteiger partial charge in [0.15, 0.2) is 16.6 Å². The highest BCUT2D eigenvalue weighted by Gasteiger charge is 2.13. The number of ether oxygens (including phenoxy) is 3. The fraction of sp³-hybridized carbons (Fsp3) is 0.136. The predicted molar refractivity (Wildman–Crippen MR) is 113 cm³/mol. The number of hydrogen-bond donors (Lipinski definition) is 2. The molecule has 0 aromatic heterocycles. The Balaban J connectivity index is 1.29. The van der Waals surface area contributed by atoms with Crippen LogP contribution < -0.4 is 24.8 Å². The number of benzene rings is 3. The van der Waals surface area contributed by atoms with Gasteiger partial charge >= 0.3 is 0 Å². The number of nitrogens with one attached hydrogen (secondary N) is 2. The molecule has 6 heteroatoms. The molecule has 3 aromatic carbocycles. The maximum Gasteiger partial charge on any atom is 0.231 e. The van der Waals surface area contributed by atoms with Gasteiger partial charge in [0.2, 0.25) is 6.79 Å². The van der Waals surface area contributed by atoms with Gasteiger partial charge in [-0.05, 0) is 78.8 Å². The fourth-order valence-corrected chi connectivity index (χ4v) is 3.02. The zero-order valence-electron chi connectivity index (χ0n) is 15.4. The summed E-state index contributed by atoms with van der Waals surface area (Å²) in [5.41, 5.74) is 3.12. The second-order valence-corrected chi connectivity index (χ2v) is 6.85. The molecule has 1 aliphatic rings. The van der Waals surface area contributed by atoms with Gasteiger partial charge in [-0.2, -0.15) is 0 Å². The molecule has 0 saturated carbocycles. The van der Waals surface area contributed by atoms with Crippen LogP contribution in [0.2, 0.25) is 0 Å². The third-order valence-electron chi connectivity index (χ3n) is 4.23. The standard InChI is InChI=1S/C22H20N2O3S/c1-15-3-2-4-19(11-15)27-18-8-6-17(7-9-18)24-22(28)23-13-16-5-10-20-21(12-16)26-14-25-20/h2-12H,13-14H2,1H3,(H2,23,24,28). The molecule has 3 aromatic rings. The van der Waals surface area contributed by atoms with Crippen molar-refractivity contribution in [2.75, 3.05) is 12.1 Å². The molecule has 0 atom stereocenters. The molecule has 2 N–H and O–H groups in total. The number of hydrogen-bond acceptors (Lipinski definition) is 4. The second-order valence-electron chi connectivity index (χ2n) is 6.44. The maximum atomic E-state index is 5.86. The van der Waals surface area contributed by atoms with E-state index in [0.717, 1.165) is 39.8 Å². The molecule has 0 unspecified atom stereocenters. The molecule has 0 amide bonds. The summed E-state index contributed by atoms with van der Waals surface area (Å²) < 4.78 is 16.6. The van der Waals surface area contributed by atoms with Crippen LogP contribution in [0.4, 0.5) is 5.69 Å². The quantitative estimate of drug-likeness (QED) is 0.596. The predicted octanol–water partition coefficient (Wildman–Crippen LogP) is 5.00. The molecule has 0 saturated heterocycles. The third-order valence-corrected chi connectivity index (χ3v) is 4.47. The molecule has 0 spiro atoms. The first-order valence-electron chi connectivity index (χ1n) is 8.94. The van der Waals surface area contributed by atoms with Gasteiger partial charge in [0, 0.05) is 12.2 Å². The van der Waals surface area contributed by atoms with Crippen LogP contribution in [-0.2, 0) is 6.54 Å². The first kappa shape index (κ1) is 18.1. The van der Waals surface area contributed by atoms with Crippen molar-refractivity contribution >= 4 is 23.0 Å². The summed E-state index contributed by atoms with van der Waals surface area (Å²) >= 11 is 5.38. The minimum Gasteiger partial charge on any atom is -0.457 e. The zero-order chi connectivity index (χ0) is 19.3. The van der Waals surface area contributed by atoms with Crippen LogP contribution in [0.1, 0.15) is 11.1 Å². The Hall–Kier alpha value is -3.25. The second kappa shape index (κ2) is 8.19. The lowest BCUT2D eigenvalue weighted by Gasteiger charge is -2.12. The Morgan fingerprint density at radius 1 is 0.964 bits per heavy atom. The van der Waals surface area contributed by atoms with Crippen molar-refractivity contribution < 1.29 is 14.2 Å². The van der Waals surface area contributed by atoms with E-state index in [2.05, 4.69) is 10.6 Å². The number of fused-ring (bicyclic) bond motifs is 1. The molecular formula is C22H20N2O3S. The smallest absolute Gasteiger partial charge is 0.231 e. The highest BCUT2D eigenvalue weighted by Crippen LogP contribution is 2.32. The molecule has 0 aliphatic carbocycles. The van der Waals surface area contributed by atoms with Crippen molar-refractivity contribution in [3.05, 3.63) is 77.9 Å². The Morgan fingerprint density at radius 2 is 1.79 bits per heavy atom. The normalized spacial score (nSPS) is 11.8. The molecule has 1 aliphatic heterocycles. The van der Waals surface area contributed by atoms with E-state index in [1.54, 1.807) is 0 Å². The van der Waals surface area contributed by atoms with E-state index in [1.165, 1.54) is 0 Å². The summed E-state index contributed by atoms with van der Waals surface area (Å²) in [7, 11) is 0. The molecule has 142 valence electrons. The molecule has 1 heterocycles. The Labute approximate surface area is 169 Å². The van der Waals surface area contributed by atoms with Crippen molar-refractivity contribution in [3.63, 3.8) is 0 Å². The summed E-state index contributed by atoms with van der Waals surface area (Å²) in [6, 6.07) is 21.5. The van der Waals surface area contributed by atoms with Crippen molar-refractivity contribution in [3.8, 4) is 23.0 Å². The van der Waals surface area contributed by atoms with Gasteiger partial charge in [-0.25, -0.2) is 0 Å². The third kappa shape index (κ3) is 4.53. The van der Waals surface area contributed by atoms with E-state index in [0.29, 0.717) is 11.7 Å². The van der Waals surface area contributed by atoms with Crippen LogP contribution in [-0.4, -0.2) is 11.9 Å². The lowest BCUT2D eigenvalue weighted by Crippen LogP contribution is -2.27. The van der Waals surface area contributed by atoms with Gasteiger partial charge in [0.1, 0.15) is 11.5 Å². The number of aryl methyl sites for hydroxylation is 1. The van der Waals surface area contributed by atoms with E-state index < -0.39 is 0 Å². The minimum atomic E-state index is 0.274. The first-order valence-corrected chi connectivity index (χ1v) is 9.34. The largest absolute Gasteiger partial charge is 0.457 e. The molecule has 28 heavy (non-hydrogen) atoms. The molecule has 0 radical (unpaired) electrons. The van der Waals surface area contributed by atoms with Crippen molar-refractivity contribution in [1.82, 2.24) is 5.32 Å². The van der Waals surface area contributed by atoms with Gasteiger partial charge < -0.3 is 24.8 Å². The van der Waals surface area contributed by atoms with Gasteiger partial charge in [0.05, 0.1) is 0 Å². The highest BCUT2D eigenvalue weighted by molar-refractivity contribution is 7.80. The van der Waals surface area contributed by atoms with Crippen LogP contribution >= 0.6 is 12.2 Å². The summed E-state index contributed by atoms with van der Waals surface area (Å²) in [5, 5.41) is 6.91. The Morgan fingerprint density at radius 3 is 2.61 bits per heavy atom. The monoisotopic (exact) mass is 392 g/mol. The Bertz CT molecular complexity index is 989. The number of thiocarbonyl (C=S) groups is 1. The zero-order valence-corrected chi connectivity index (χ0v) is 16.2. The Kier molecular flexibility index (Phi) is 5.30. The molecule has 0 bridgehead atoms. The average molecular weight is 392 g/mol. The van der Waals surface area contributed by atoms with Crippen molar-refractivity contribution in [2.24, 2.45) is 0 Å². The van der Waals surface area contributed by atoms with E-state index in [9.17, 15) is 0 Å². The van der Waals surface area contributed by atoms with E-state index in [-0.39, 0.29) is 6.79 Å². The lowest BCUT2D eigenvalue weighted by molar-refractivity contribution is 0.174. The minimum absolute atomic E-state index is 0.274. The highest BCUT2D eigenvalue weighted by atomic mass is 32.1. The van der Waals surface area contributed by atoms with Crippen LogP contribution in [0, 0.1) is 6.92 Å². The SMILES string of the molecule is Cc1cccc(Oc2ccc(NC(=S)NCc3ccc4c(c3)OCO4)cc2)c1. The van der Waals surface area contributed by atoms with Gasteiger partial charge in [0.25, 0.3) is 0 Å². The van der Waals surface area contributed by atoms with Crippen LogP contribution in [0.15, 0.2) is 66.7 Å². The topological polar surface area (TPSA) is 51.8 Å². The summed E-state index contributed by atoms with van der Waals surface area (Å²) in [6.45, 7) is 2.91. The van der Waals surface area contributed by atoms with Gasteiger partial charge in [-0.1, -0.05) is 18.2 Å². The number of rotatable bonds is 5. The summed E-state index contributed by atoms with van der Waals surface area (Å²) in [4.78, 5) is 0. The number of anilines is 1. The van der Waals surface area contributed by atoms with E-state index in [4.69, 9.17) is 26.4 Å². The van der Waals surface area contributed by atoms with Crippen LogP contribution in [0.3, 0.4) is 0 Å². The molecule has 0 fully saturated rings. The van der Waals surface area contributed by atoms with Gasteiger partial charge in [-0.3, -0.25) is 0 Å².